The fourth-order valence-corrected chi connectivity index (χ4v) is 3.00. The number of nitrogens with zero attached hydrogens (tertiary/aromatic N) is 2. The maximum atomic E-state index is 6.30. The molecule has 114 valence electrons. The lowest BCUT2D eigenvalue weighted by atomic mass is 10.0. The SMILES string of the molecule is CCc1cc(CC(NN)c2cc(Br)ccc2Cl)n(CC)n1. The first-order valence-corrected chi connectivity index (χ1v) is 8.22. The van der Waals surface area contributed by atoms with E-state index in [9.17, 15) is 0 Å². The van der Waals surface area contributed by atoms with Gasteiger partial charge in [0.1, 0.15) is 0 Å². The summed E-state index contributed by atoms with van der Waals surface area (Å²) in [4.78, 5) is 0. The van der Waals surface area contributed by atoms with Crippen molar-refractivity contribution in [3.05, 3.63) is 50.7 Å². The van der Waals surface area contributed by atoms with Crippen molar-refractivity contribution in [3.8, 4) is 0 Å². The number of aromatic nitrogens is 2. The third-order valence-electron chi connectivity index (χ3n) is 3.52. The molecule has 1 atom stereocenters. The molecule has 2 aromatic rings. The summed E-state index contributed by atoms with van der Waals surface area (Å²) in [6, 6.07) is 7.88. The van der Waals surface area contributed by atoms with E-state index in [1.165, 1.54) is 0 Å². The quantitative estimate of drug-likeness (QED) is 0.602. The third kappa shape index (κ3) is 3.86. The summed E-state index contributed by atoms with van der Waals surface area (Å²) in [7, 11) is 0. The molecule has 3 N–H and O–H groups in total. The number of aryl methyl sites for hydroxylation is 2. The van der Waals surface area contributed by atoms with Crippen molar-refractivity contribution in [1.29, 1.82) is 0 Å². The van der Waals surface area contributed by atoms with Gasteiger partial charge in [-0.05, 0) is 43.2 Å². The molecule has 0 aliphatic heterocycles. The summed E-state index contributed by atoms with van der Waals surface area (Å²) in [6.07, 6.45) is 1.67. The average Bonchev–Trinajstić information content (AvgIpc) is 2.89. The Kier molecular flexibility index (Phi) is 5.81. The number of nitrogens with two attached hydrogens (primary N) is 1. The first-order valence-electron chi connectivity index (χ1n) is 7.05. The maximum absolute atomic E-state index is 6.30. The normalized spacial score (nSPS) is 12.6. The van der Waals surface area contributed by atoms with Gasteiger partial charge in [-0.2, -0.15) is 5.10 Å². The summed E-state index contributed by atoms with van der Waals surface area (Å²) >= 11 is 9.78. The number of hydrogen-bond acceptors (Lipinski definition) is 3. The van der Waals surface area contributed by atoms with Crippen LogP contribution in [0.1, 0.15) is 36.8 Å². The second-order valence-corrected chi connectivity index (χ2v) is 6.21. The Labute approximate surface area is 138 Å². The van der Waals surface area contributed by atoms with Gasteiger partial charge in [0.2, 0.25) is 0 Å². The molecule has 6 heteroatoms. The van der Waals surface area contributed by atoms with Crippen LogP contribution in [0.3, 0.4) is 0 Å². The Morgan fingerprint density at radius 1 is 1.38 bits per heavy atom. The Morgan fingerprint density at radius 3 is 2.76 bits per heavy atom. The second kappa shape index (κ2) is 7.40. The molecule has 0 radical (unpaired) electrons. The number of rotatable bonds is 6. The molecule has 0 saturated carbocycles. The highest BCUT2D eigenvalue weighted by Gasteiger charge is 2.17. The monoisotopic (exact) mass is 370 g/mol. The number of hydrogen-bond donors (Lipinski definition) is 2. The van der Waals surface area contributed by atoms with Crippen molar-refractivity contribution < 1.29 is 0 Å². The third-order valence-corrected chi connectivity index (χ3v) is 4.36. The molecular formula is C15H20BrClN4. The highest BCUT2D eigenvalue weighted by atomic mass is 79.9. The summed E-state index contributed by atoms with van der Waals surface area (Å²) in [5.41, 5.74) is 6.11. The number of benzene rings is 1. The van der Waals surface area contributed by atoms with Gasteiger partial charge in [-0.1, -0.05) is 34.5 Å². The minimum atomic E-state index is -0.0540. The second-order valence-electron chi connectivity index (χ2n) is 4.89. The standard InChI is InChI=1S/C15H20BrClN4/c1-3-11-8-12(21(4-2)20-11)9-15(19-18)13-7-10(16)5-6-14(13)17/h5-8,15,19H,3-4,9,18H2,1-2H3. The predicted molar refractivity (Wildman–Crippen MR) is 90.2 cm³/mol. The molecule has 2 rings (SSSR count). The molecule has 0 bridgehead atoms. The van der Waals surface area contributed by atoms with Crippen LogP contribution in [0, 0.1) is 0 Å². The van der Waals surface area contributed by atoms with Crippen LogP contribution in [-0.4, -0.2) is 9.78 Å². The van der Waals surface area contributed by atoms with Crippen molar-refractivity contribution in [2.45, 2.75) is 39.3 Å². The summed E-state index contributed by atoms with van der Waals surface area (Å²) in [5.74, 6) is 5.75. The molecule has 1 aromatic carbocycles. The molecule has 4 nitrogen and oxygen atoms in total. The molecule has 0 saturated heterocycles. The van der Waals surface area contributed by atoms with Crippen LogP contribution in [0.15, 0.2) is 28.7 Å². The molecule has 21 heavy (non-hydrogen) atoms. The van der Waals surface area contributed by atoms with Crippen LogP contribution in [0.2, 0.25) is 5.02 Å². The summed E-state index contributed by atoms with van der Waals surface area (Å²) < 4.78 is 3.01. The van der Waals surface area contributed by atoms with E-state index in [4.69, 9.17) is 17.4 Å². The minimum Gasteiger partial charge on any atom is -0.271 e. The smallest absolute Gasteiger partial charge is 0.0624 e. The predicted octanol–water partition coefficient (Wildman–Crippen LogP) is 3.63. The van der Waals surface area contributed by atoms with E-state index < -0.39 is 0 Å². The number of halogens is 2. The number of hydrazine groups is 1. The van der Waals surface area contributed by atoms with Gasteiger partial charge in [-0.3, -0.25) is 16.0 Å². The fourth-order valence-electron chi connectivity index (χ4n) is 2.38. The van der Waals surface area contributed by atoms with Gasteiger partial charge in [-0.25, -0.2) is 0 Å². The molecular weight excluding hydrogens is 352 g/mol. The van der Waals surface area contributed by atoms with E-state index >= 15 is 0 Å². The Morgan fingerprint density at radius 2 is 2.14 bits per heavy atom. The zero-order valence-electron chi connectivity index (χ0n) is 12.2. The van der Waals surface area contributed by atoms with E-state index in [2.05, 4.69) is 46.4 Å². The van der Waals surface area contributed by atoms with Crippen LogP contribution in [-0.2, 0) is 19.4 Å². The summed E-state index contributed by atoms with van der Waals surface area (Å²) in [5, 5.41) is 5.28. The van der Waals surface area contributed by atoms with Gasteiger partial charge in [-0.15, -0.1) is 0 Å². The highest BCUT2D eigenvalue weighted by molar-refractivity contribution is 9.10. The van der Waals surface area contributed by atoms with Crippen molar-refractivity contribution in [2.75, 3.05) is 0 Å². The van der Waals surface area contributed by atoms with Gasteiger partial charge >= 0.3 is 0 Å². The Bertz CT molecular complexity index is 612. The van der Waals surface area contributed by atoms with E-state index in [1.807, 2.05) is 22.9 Å². The Balaban J connectivity index is 2.30. The van der Waals surface area contributed by atoms with Crippen LogP contribution >= 0.6 is 27.5 Å². The highest BCUT2D eigenvalue weighted by Crippen LogP contribution is 2.28. The largest absolute Gasteiger partial charge is 0.271 e. The zero-order valence-corrected chi connectivity index (χ0v) is 14.6. The van der Waals surface area contributed by atoms with Crippen LogP contribution < -0.4 is 11.3 Å². The topological polar surface area (TPSA) is 55.9 Å². The van der Waals surface area contributed by atoms with E-state index in [-0.39, 0.29) is 6.04 Å². The summed E-state index contributed by atoms with van der Waals surface area (Å²) in [6.45, 7) is 5.04. The van der Waals surface area contributed by atoms with Gasteiger partial charge in [0.25, 0.3) is 0 Å². The molecule has 1 heterocycles. The lowest BCUT2D eigenvalue weighted by Crippen LogP contribution is -2.30. The van der Waals surface area contributed by atoms with Gasteiger partial charge in [0.15, 0.2) is 0 Å². The van der Waals surface area contributed by atoms with Crippen molar-refractivity contribution in [1.82, 2.24) is 15.2 Å². The molecule has 0 spiro atoms. The van der Waals surface area contributed by atoms with E-state index in [0.717, 1.165) is 40.8 Å². The fraction of sp³-hybridized carbons (Fsp3) is 0.400. The van der Waals surface area contributed by atoms with Gasteiger partial charge < -0.3 is 0 Å². The maximum Gasteiger partial charge on any atom is 0.0624 e. The molecule has 1 aromatic heterocycles. The first-order chi connectivity index (χ1) is 10.1. The van der Waals surface area contributed by atoms with Crippen LogP contribution in [0.4, 0.5) is 0 Å². The van der Waals surface area contributed by atoms with Crippen molar-refractivity contribution in [2.24, 2.45) is 5.84 Å². The van der Waals surface area contributed by atoms with E-state index in [1.54, 1.807) is 0 Å². The van der Waals surface area contributed by atoms with Gasteiger partial charge in [0.05, 0.1) is 11.7 Å². The lowest BCUT2D eigenvalue weighted by Gasteiger charge is -2.18. The van der Waals surface area contributed by atoms with Crippen LogP contribution in [0.25, 0.3) is 0 Å². The molecule has 0 amide bonds. The van der Waals surface area contributed by atoms with Crippen LogP contribution in [0.5, 0.6) is 0 Å². The minimum absolute atomic E-state index is 0.0540. The molecule has 0 aliphatic carbocycles. The molecule has 1 unspecified atom stereocenters. The van der Waals surface area contributed by atoms with Crippen molar-refractivity contribution >= 4 is 27.5 Å². The lowest BCUT2D eigenvalue weighted by molar-refractivity contribution is 0.516. The molecule has 0 fully saturated rings. The first kappa shape index (κ1) is 16.5. The van der Waals surface area contributed by atoms with Gasteiger partial charge in [0, 0.05) is 28.2 Å². The molecule has 0 aliphatic rings. The average molecular weight is 372 g/mol. The number of nitrogens with one attached hydrogen (secondary N) is 1. The van der Waals surface area contributed by atoms with E-state index in [0.29, 0.717) is 5.02 Å². The Hall–Kier alpha value is -0.880. The zero-order chi connectivity index (χ0) is 15.4. The van der Waals surface area contributed by atoms with Crippen molar-refractivity contribution in [3.63, 3.8) is 0 Å².